The summed E-state index contributed by atoms with van der Waals surface area (Å²) in [5.41, 5.74) is 1.41. The molecular formula is C33H53ClN4O4. The van der Waals surface area contributed by atoms with Gasteiger partial charge in [-0.2, -0.15) is 0 Å². The highest BCUT2D eigenvalue weighted by atomic mass is 35.5. The number of carbonyl (C=O) groups excluding carboxylic acids is 2. The number of rotatable bonds is 8. The van der Waals surface area contributed by atoms with Gasteiger partial charge in [-0.05, 0) is 57.5 Å². The molecule has 4 heterocycles. The van der Waals surface area contributed by atoms with Crippen molar-refractivity contribution in [2.75, 3.05) is 19.6 Å². The van der Waals surface area contributed by atoms with Gasteiger partial charge in [0.15, 0.2) is 11.6 Å². The lowest BCUT2D eigenvalue weighted by atomic mass is 9.88. The third kappa shape index (κ3) is 9.75. The average Bonchev–Trinajstić information content (AvgIpc) is 3.72. The Labute approximate surface area is 258 Å². The number of nitrogens with one attached hydrogen (secondary N) is 1. The van der Waals surface area contributed by atoms with E-state index in [1.165, 1.54) is 32.1 Å². The zero-order valence-corrected chi connectivity index (χ0v) is 27.5. The monoisotopic (exact) mass is 604 g/mol. The van der Waals surface area contributed by atoms with Crippen LogP contribution in [0.3, 0.4) is 0 Å². The summed E-state index contributed by atoms with van der Waals surface area (Å²) in [6.07, 6.45) is 11.8. The molecule has 2 aliphatic heterocycles. The van der Waals surface area contributed by atoms with Crippen molar-refractivity contribution in [2.24, 2.45) is 5.92 Å². The van der Waals surface area contributed by atoms with E-state index < -0.39 is 0 Å². The molecule has 2 aromatic rings. The minimum absolute atomic E-state index is 0. The number of nitrogens with zero attached hydrogens (tertiary/aromatic N) is 3. The summed E-state index contributed by atoms with van der Waals surface area (Å²) in [6, 6.07) is 3.97. The zero-order chi connectivity index (χ0) is 29.6. The molecule has 236 valence electrons. The van der Waals surface area contributed by atoms with E-state index in [2.05, 4.69) is 62.1 Å². The molecule has 2 aromatic heterocycles. The molecule has 0 radical (unpaired) electrons. The molecule has 0 unspecified atom stereocenters. The number of carbonyl (C=O) groups is 2. The molecule has 2 atom stereocenters. The van der Waals surface area contributed by atoms with Crippen LogP contribution >= 0.6 is 12.4 Å². The first-order valence-electron chi connectivity index (χ1n) is 15.8. The average molecular weight is 605 g/mol. The molecule has 42 heavy (non-hydrogen) atoms. The summed E-state index contributed by atoms with van der Waals surface area (Å²) in [6.45, 7) is 15.6. The molecule has 1 aliphatic carbocycles. The van der Waals surface area contributed by atoms with Gasteiger partial charge in [0.25, 0.3) is 0 Å². The van der Waals surface area contributed by atoms with Gasteiger partial charge in [-0.1, -0.05) is 71.1 Å². The molecule has 9 heteroatoms. The van der Waals surface area contributed by atoms with Gasteiger partial charge in [-0.3, -0.25) is 14.5 Å². The topological polar surface area (TPSA) is 101 Å². The molecule has 3 fully saturated rings. The molecule has 0 aromatic carbocycles. The second-order valence-electron chi connectivity index (χ2n) is 14.5. The Kier molecular flexibility index (Phi) is 12.4. The van der Waals surface area contributed by atoms with Crippen LogP contribution < -0.4 is 5.32 Å². The fourth-order valence-electron chi connectivity index (χ4n) is 6.17. The number of likely N-dealkylation sites (tertiary alicyclic amines) is 1. The Balaban J connectivity index is 0.000000238. The number of hydrogen-bond acceptors (Lipinski definition) is 8. The Morgan fingerprint density at radius 3 is 1.88 bits per heavy atom. The Morgan fingerprint density at radius 1 is 0.810 bits per heavy atom. The van der Waals surface area contributed by atoms with Gasteiger partial charge < -0.3 is 14.4 Å². The van der Waals surface area contributed by atoms with Crippen LogP contribution in [0.15, 0.2) is 21.2 Å². The highest BCUT2D eigenvalue weighted by Gasteiger charge is 2.33. The van der Waals surface area contributed by atoms with Crippen LogP contribution in [-0.4, -0.2) is 58.5 Å². The van der Waals surface area contributed by atoms with Crippen LogP contribution in [0.5, 0.6) is 0 Å². The van der Waals surface area contributed by atoms with Crippen LogP contribution in [0, 0.1) is 5.92 Å². The molecule has 2 saturated heterocycles. The highest BCUT2D eigenvalue weighted by Crippen LogP contribution is 2.29. The van der Waals surface area contributed by atoms with Crippen molar-refractivity contribution in [1.82, 2.24) is 20.5 Å². The van der Waals surface area contributed by atoms with Crippen molar-refractivity contribution in [3.8, 4) is 0 Å². The van der Waals surface area contributed by atoms with Gasteiger partial charge in [-0.25, -0.2) is 0 Å². The first kappa shape index (κ1) is 34.5. The molecule has 8 nitrogen and oxygen atoms in total. The second-order valence-corrected chi connectivity index (χ2v) is 14.5. The predicted molar refractivity (Wildman–Crippen MR) is 167 cm³/mol. The smallest absolute Gasteiger partial charge is 0.156 e. The summed E-state index contributed by atoms with van der Waals surface area (Å²) in [5.74, 6) is 3.02. The van der Waals surface area contributed by atoms with E-state index in [1.54, 1.807) is 0 Å². The third-order valence-electron chi connectivity index (χ3n) is 8.71. The van der Waals surface area contributed by atoms with E-state index in [9.17, 15) is 9.59 Å². The quantitative estimate of drug-likeness (QED) is 0.370. The molecular weight excluding hydrogens is 552 g/mol. The Morgan fingerprint density at radius 2 is 1.38 bits per heavy atom. The highest BCUT2D eigenvalue weighted by molar-refractivity contribution is 5.86. The van der Waals surface area contributed by atoms with E-state index in [-0.39, 0.29) is 41.1 Å². The Bertz CT molecular complexity index is 1130. The SMILES string of the molecule is CC(C)(C)c1cc(CC(=O)[C@@H]2CCCN2)no1.CC(C)(C)c1cc(CC(=O)[C@@H]2CCCN2CC2CCCCC2)no1.Cl. The normalized spacial score (nSPS) is 22.0. The largest absolute Gasteiger partial charge is 0.361 e. The van der Waals surface area contributed by atoms with Crippen molar-refractivity contribution >= 4 is 24.0 Å². The predicted octanol–water partition coefficient (Wildman–Crippen LogP) is 6.39. The van der Waals surface area contributed by atoms with Crippen LogP contribution in [0.2, 0.25) is 0 Å². The van der Waals surface area contributed by atoms with E-state index in [0.29, 0.717) is 18.6 Å². The molecule has 1 N–H and O–H groups in total. The van der Waals surface area contributed by atoms with Gasteiger partial charge in [0.2, 0.25) is 0 Å². The molecule has 0 spiro atoms. The number of halogens is 1. The first-order valence-corrected chi connectivity index (χ1v) is 15.8. The lowest BCUT2D eigenvalue weighted by Crippen LogP contribution is -2.40. The summed E-state index contributed by atoms with van der Waals surface area (Å²) < 4.78 is 10.7. The van der Waals surface area contributed by atoms with E-state index in [4.69, 9.17) is 9.05 Å². The summed E-state index contributed by atoms with van der Waals surface area (Å²) in [5, 5.41) is 11.3. The summed E-state index contributed by atoms with van der Waals surface area (Å²) in [7, 11) is 0. The minimum atomic E-state index is -0.0608. The van der Waals surface area contributed by atoms with E-state index >= 15 is 0 Å². The number of hydrogen-bond donors (Lipinski definition) is 1. The maximum atomic E-state index is 12.8. The maximum absolute atomic E-state index is 12.8. The fraction of sp³-hybridized carbons (Fsp3) is 0.758. The molecule has 3 aliphatic rings. The lowest BCUT2D eigenvalue weighted by molar-refractivity contribution is -0.123. The van der Waals surface area contributed by atoms with Crippen LogP contribution in [0.25, 0.3) is 0 Å². The maximum Gasteiger partial charge on any atom is 0.156 e. The number of ketones is 2. The summed E-state index contributed by atoms with van der Waals surface area (Å²) in [4.78, 5) is 27.2. The lowest BCUT2D eigenvalue weighted by Gasteiger charge is -2.30. The zero-order valence-electron chi connectivity index (χ0n) is 26.7. The van der Waals surface area contributed by atoms with Crippen molar-refractivity contribution < 1.29 is 18.6 Å². The van der Waals surface area contributed by atoms with Crippen molar-refractivity contribution in [2.45, 2.75) is 135 Å². The molecule has 0 amide bonds. The van der Waals surface area contributed by atoms with Gasteiger partial charge in [0.1, 0.15) is 11.5 Å². The standard InChI is InChI=1S/C20H32N2O2.C13H20N2O2.ClH/c1-20(2,3)19-13-16(21-24-19)12-18(23)17-10-7-11-22(17)14-15-8-5-4-6-9-15;1-13(2,3)12-8-9(15-17-12)7-11(16)10-5-4-6-14-10;/h13,15,17H,4-12,14H2,1-3H3;8,10,14H,4-7H2,1-3H3;1H/t17-;10-;/m00./s1. The second kappa shape index (κ2) is 15.1. The summed E-state index contributed by atoms with van der Waals surface area (Å²) >= 11 is 0. The van der Waals surface area contributed by atoms with Gasteiger partial charge in [0.05, 0.1) is 36.3 Å². The minimum Gasteiger partial charge on any atom is -0.361 e. The van der Waals surface area contributed by atoms with E-state index in [1.807, 2.05) is 12.1 Å². The molecule has 0 bridgehead atoms. The van der Waals surface area contributed by atoms with Gasteiger partial charge in [0, 0.05) is 29.5 Å². The van der Waals surface area contributed by atoms with Crippen molar-refractivity contribution in [1.29, 1.82) is 0 Å². The molecule has 1 saturated carbocycles. The van der Waals surface area contributed by atoms with Crippen molar-refractivity contribution in [3.05, 3.63) is 35.0 Å². The fourth-order valence-corrected chi connectivity index (χ4v) is 6.17. The molecule has 5 rings (SSSR count). The first-order chi connectivity index (χ1) is 19.4. The number of Topliss-reactive ketones (excluding diaryl/α,β-unsaturated/α-hetero) is 2. The third-order valence-corrected chi connectivity index (χ3v) is 8.71. The number of aromatic nitrogens is 2. The van der Waals surface area contributed by atoms with Crippen LogP contribution in [0.1, 0.15) is 122 Å². The van der Waals surface area contributed by atoms with Gasteiger partial charge >= 0.3 is 0 Å². The van der Waals surface area contributed by atoms with Crippen LogP contribution in [0.4, 0.5) is 0 Å². The van der Waals surface area contributed by atoms with Crippen LogP contribution in [-0.2, 0) is 33.3 Å². The Hall–Kier alpha value is -2.03. The van der Waals surface area contributed by atoms with Crippen molar-refractivity contribution in [3.63, 3.8) is 0 Å². The van der Waals surface area contributed by atoms with Gasteiger partial charge in [-0.15, -0.1) is 12.4 Å². The van der Waals surface area contributed by atoms with E-state index in [0.717, 1.165) is 74.1 Å².